The Morgan fingerprint density at radius 3 is 2.90 bits per heavy atom. The van der Waals surface area contributed by atoms with Crippen LogP contribution in [0.2, 0.25) is 0 Å². The highest BCUT2D eigenvalue weighted by Crippen LogP contribution is 2.16. The van der Waals surface area contributed by atoms with Crippen LogP contribution in [0, 0.1) is 0 Å². The predicted octanol–water partition coefficient (Wildman–Crippen LogP) is 1.87. The number of nitrogens with zero attached hydrogens (tertiary/aromatic N) is 2. The number of halogens is 1. The van der Waals surface area contributed by atoms with Crippen molar-refractivity contribution in [1.82, 2.24) is 20.9 Å². The number of hydrogen-bond donors (Lipinski definition) is 3. The lowest BCUT2D eigenvalue weighted by molar-refractivity contribution is 0.0963. The number of carbonyl (C=O) groups is 1. The first kappa shape index (κ1) is 25.6. The van der Waals surface area contributed by atoms with Gasteiger partial charge < -0.3 is 20.7 Å². The van der Waals surface area contributed by atoms with Gasteiger partial charge in [0.15, 0.2) is 5.96 Å². The minimum absolute atomic E-state index is 0. The van der Waals surface area contributed by atoms with E-state index >= 15 is 0 Å². The molecule has 0 radical (unpaired) electrons. The summed E-state index contributed by atoms with van der Waals surface area (Å²) >= 11 is 0. The molecule has 1 heterocycles. The Kier molecular flexibility index (Phi) is 12.9. The number of carbonyl (C=O) groups excluding carboxylic acids is 1. The van der Waals surface area contributed by atoms with Crippen molar-refractivity contribution in [2.75, 3.05) is 53.5 Å². The molecule has 1 atom stereocenters. The number of ether oxygens (including phenoxy) is 1. The summed E-state index contributed by atoms with van der Waals surface area (Å²) < 4.78 is 5.21. The molecule has 29 heavy (non-hydrogen) atoms. The second kappa shape index (κ2) is 14.6. The lowest BCUT2D eigenvalue weighted by atomic mass is 10.1. The lowest BCUT2D eigenvalue weighted by Gasteiger charge is -2.23. The molecule has 0 spiro atoms. The molecule has 1 aromatic carbocycles. The van der Waals surface area contributed by atoms with Crippen LogP contribution in [-0.2, 0) is 11.2 Å². The number of methoxy groups -OCH3 is 1. The van der Waals surface area contributed by atoms with E-state index < -0.39 is 0 Å². The molecule has 1 amide bonds. The molecule has 1 unspecified atom stereocenters. The highest BCUT2D eigenvalue weighted by Gasteiger charge is 2.23. The number of amides is 1. The highest BCUT2D eigenvalue weighted by molar-refractivity contribution is 14.0. The molecule has 1 saturated heterocycles. The summed E-state index contributed by atoms with van der Waals surface area (Å²) in [4.78, 5) is 19.0. The number of benzene rings is 1. The fourth-order valence-corrected chi connectivity index (χ4v) is 3.48. The van der Waals surface area contributed by atoms with Crippen LogP contribution in [0.4, 0.5) is 0 Å². The Hall–Kier alpha value is -1.39. The molecule has 2 rings (SSSR count). The van der Waals surface area contributed by atoms with Gasteiger partial charge in [0.1, 0.15) is 0 Å². The van der Waals surface area contributed by atoms with Gasteiger partial charge >= 0.3 is 0 Å². The van der Waals surface area contributed by atoms with Crippen molar-refractivity contribution in [3.63, 3.8) is 0 Å². The summed E-state index contributed by atoms with van der Waals surface area (Å²) in [6, 6.07) is 8.24. The zero-order chi connectivity index (χ0) is 20.2. The fraction of sp³-hybridized carbons (Fsp3) is 0.619. The zero-order valence-corrected chi connectivity index (χ0v) is 20.2. The van der Waals surface area contributed by atoms with E-state index in [9.17, 15) is 4.79 Å². The van der Waals surface area contributed by atoms with Gasteiger partial charge in [0.25, 0.3) is 5.91 Å². The van der Waals surface area contributed by atoms with Gasteiger partial charge in [-0.15, -0.1) is 24.0 Å². The fourth-order valence-electron chi connectivity index (χ4n) is 3.48. The van der Waals surface area contributed by atoms with Crippen molar-refractivity contribution in [1.29, 1.82) is 0 Å². The average molecular weight is 517 g/mol. The molecule has 1 aromatic rings. The Morgan fingerprint density at radius 1 is 1.34 bits per heavy atom. The number of likely N-dealkylation sites (tertiary alicyclic amines) is 1. The SMILES string of the molecule is CCNC(=NCC1CCCN1CCOC)NCCc1cccc(C(=O)NC)c1.I. The maximum atomic E-state index is 11.8. The summed E-state index contributed by atoms with van der Waals surface area (Å²) in [5, 5.41) is 9.39. The third kappa shape index (κ3) is 8.88. The largest absolute Gasteiger partial charge is 0.383 e. The van der Waals surface area contributed by atoms with E-state index in [1.807, 2.05) is 24.3 Å². The molecule has 0 bridgehead atoms. The second-order valence-corrected chi connectivity index (χ2v) is 7.00. The van der Waals surface area contributed by atoms with E-state index in [4.69, 9.17) is 9.73 Å². The Labute approximate surface area is 192 Å². The van der Waals surface area contributed by atoms with Crippen molar-refractivity contribution >= 4 is 35.8 Å². The molecule has 0 aliphatic carbocycles. The molecule has 164 valence electrons. The standard InChI is InChI=1S/C21H35N5O2.HI/c1-4-23-21(25-16-19-9-6-12-26(19)13-14-28-3)24-11-10-17-7-5-8-18(15-17)20(27)22-2;/h5,7-8,15,19H,4,6,9-14,16H2,1-3H3,(H,22,27)(H2,23,24,25);1H. The van der Waals surface area contributed by atoms with E-state index in [-0.39, 0.29) is 29.9 Å². The third-order valence-electron chi connectivity index (χ3n) is 5.01. The van der Waals surface area contributed by atoms with Gasteiger partial charge in [-0.2, -0.15) is 0 Å². The van der Waals surface area contributed by atoms with E-state index in [2.05, 4.69) is 27.8 Å². The number of rotatable bonds is 10. The lowest BCUT2D eigenvalue weighted by Crippen LogP contribution is -2.40. The summed E-state index contributed by atoms with van der Waals surface area (Å²) in [6.07, 6.45) is 3.26. The number of guanidine groups is 1. The van der Waals surface area contributed by atoms with Crippen molar-refractivity contribution < 1.29 is 9.53 Å². The van der Waals surface area contributed by atoms with Crippen LogP contribution < -0.4 is 16.0 Å². The maximum Gasteiger partial charge on any atom is 0.251 e. The molecule has 8 heteroatoms. The topological polar surface area (TPSA) is 78.0 Å². The van der Waals surface area contributed by atoms with E-state index in [0.29, 0.717) is 11.6 Å². The quantitative estimate of drug-likeness (QED) is 0.251. The van der Waals surface area contributed by atoms with E-state index in [1.54, 1.807) is 14.2 Å². The van der Waals surface area contributed by atoms with Gasteiger partial charge in [-0.1, -0.05) is 12.1 Å². The molecular weight excluding hydrogens is 481 g/mol. The van der Waals surface area contributed by atoms with Gasteiger partial charge in [-0.3, -0.25) is 14.7 Å². The molecule has 3 N–H and O–H groups in total. The molecule has 1 aliphatic heterocycles. The van der Waals surface area contributed by atoms with E-state index in [1.165, 1.54) is 12.8 Å². The Balaban J connectivity index is 0.00000420. The van der Waals surface area contributed by atoms with Gasteiger partial charge in [0.05, 0.1) is 13.2 Å². The van der Waals surface area contributed by atoms with Crippen LogP contribution in [0.5, 0.6) is 0 Å². The number of aliphatic imine (C=N–C) groups is 1. The van der Waals surface area contributed by atoms with Crippen molar-refractivity contribution in [2.24, 2.45) is 4.99 Å². The van der Waals surface area contributed by atoms with Crippen LogP contribution in [0.15, 0.2) is 29.3 Å². The van der Waals surface area contributed by atoms with Crippen molar-refractivity contribution in [3.05, 3.63) is 35.4 Å². The summed E-state index contributed by atoms with van der Waals surface area (Å²) in [6.45, 7) is 7.35. The van der Waals surface area contributed by atoms with Gasteiger partial charge in [-0.05, 0) is 50.4 Å². The number of hydrogen-bond acceptors (Lipinski definition) is 4. The highest BCUT2D eigenvalue weighted by atomic mass is 127. The Bertz CT molecular complexity index is 641. The van der Waals surface area contributed by atoms with Crippen LogP contribution >= 0.6 is 24.0 Å². The normalized spacial score (nSPS) is 16.9. The monoisotopic (exact) mass is 517 g/mol. The number of nitrogens with one attached hydrogen (secondary N) is 3. The van der Waals surface area contributed by atoms with Crippen LogP contribution in [-0.4, -0.2) is 76.3 Å². The second-order valence-electron chi connectivity index (χ2n) is 7.00. The molecule has 1 fully saturated rings. The Morgan fingerprint density at radius 2 is 2.17 bits per heavy atom. The van der Waals surface area contributed by atoms with Crippen LogP contribution in [0.3, 0.4) is 0 Å². The van der Waals surface area contributed by atoms with Crippen molar-refractivity contribution in [2.45, 2.75) is 32.2 Å². The summed E-state index contributed by atoms with van der Waals surface area (Å²) in [7, 11) is 3.40. The van der Waals surface area contributed by atoms with Gasteiger partial charge in [-0.25, -0.2) is 0 Å². The minimum atomic E-state index is -0.0562. The molecular formula is C21H36IN5O2. The molecule has 1 aliphatic rings. The summed E-state index contributed by atoms with van der Waals surface area (Å²) in [5.74, 6) is 0.794. The van der Waals surface area contributed by atoms with Gasteiger partial charge in [0.2, 0.25) is 0 Å². The molecule has 0 aromatic heterocycles. The van der Waals surface area contributed by atoms with Crippen molar-refractivity contribution in [3.8, 4) is 0 Å². The average Bonchev–Trinajstić information content (AvgIpc) is 3.17. The van der Waals surface area contributed by atoms with Crippen LogP contribution in [0.25, 0.3) is 0 Å². The van der Waals surface area contributed by atoms with Gasteiger partial charge in [0, 0.05) is 45.4 Å². The first-order valence-electron chi connectivity index (χ1n) is 10.2. The molecule has 0 saturated carbocycles. The first-order chi connectivity index (χ1) is 13.7. The smallest absolute Gasteiger partial charge is 0.251 e. The minimum Gasteiger partial charge on any atom is -0.383 e. The van der Waals surface area contributed by atoms with E-state index in [0.717, 1.165) is 57.3 Å². The first-order valence-corrected chi connectivity index (χ1v) is 10.2. The third-order valence-corrected chi connectivity index (χ3v) is 5.01. The summed E-state index contributed by atoms with van der Waals surface area (Å²) in [5.41, 5.74) is 1.82. The predicted molar refractivity (Wildman–Crippen MR) is 129 cm³/mol. The van der Waals surface area contributed by atoms with Crippen LogP contribution in [0.1, 0.15) is 35.7 Å². The maximum absolute atomic E-state index is 11.8. The zero-order valence-electron chi connectivity index (χ0n) is 17.9. The molecule has 7 nitrogen and oxygen atoms in total.